The lowest BCUT2D eigenvalue weighted by molar-refractivity contribution is -0.161. The molecule has 3 atom stereocenters. The van der Waals surface area contributed by atoms with Crippen molar-refractivity contribution in [2.75, 3.05) is 11.5 Å². The molecule has 9 heteroatoms. The van der Waals surface area contributed by atoms with E-state index in [1.165, 1.54) is 16.7 Å². The second-order valence-corrected chi connectivity index (χ2v) is 7.27. The van der Waals surface area contributed by atoms with Gasteiger partial charge < -0.3 is 25.4 Å². The molecule has 0 spiro atoms. The molecule has 0 aromatic carbocycles. The number of hydrogen-bond donors (Lipinski definition) is 3. The number of aliphatic carboxylic acids is 1. The third kappa shape index (κ3) is 2.67. The van der Waals surface area contributed by atoms with E-state index in [0.29, 0.717) is 29.4 Å². The van der Waals surface area contributed by atoms with Gasteiger partial charge in [0.25, 0.3) is 0 Å². The number of rotatable bonds is 6. The van der Waals surface area contributed by atoms with Gasteiger partial charge in [-0.3, -0.25) is 4.79 Å². The maximum Gasteiger partial charge on any atom is 0.353 e. The standard InChI is InChI=1S/C15H20N4O4S/c1-7(20)12-9-5-10(13(15(22)23)19(9)14(12)21)24-4-3-18-6-11(16)17-8(18)2/h6-7,9,12,20H,3-5,16H2,1-2H3,(H,22,23). The average molecular weight is 352 g/mol. The van der Waals surface area contributed by atoms with Gasteiger partial charge >= 0.3 is 5.97 Å². The summed E-state index contributed by atoms with van der Waals surface area (Å²) in [4.78, 5) is 29.8. The van der Waals surface area contributed by atoms with Crippen LogP contribution in [-0.2, 0) is 16.1 Å². The average Bonchev–Trinajstić information content (AvgIpc) is 2.96. The van der Waals surface area contributed by atoms with E-state index in [0.717, 1.165) is 5.82 Å². The summed E-state index contributed by atoms with van der Waals surface area (Å²) in [6.45, 7) is 4.07. The molecule has 8 nitrogen and oxygen atoms in total. The molecule has 1 amide bonds. The fourth-order valence-electron chi connectivity index (χ4n) is 3.39. The first-order valence-corrected chi connectivity index (χ1v) is 8.69. The number of anilines is 1. The topological polar surface area (TPSA) is 122 Å². The molecular formula is C15H20N4O4S. The minimum Gasteiger partial charge on any atom is -0.477 e. The van der Waals surface area contributed by atoms with Crippen LogP contribution in [0.15, 0.2) is 16.8 Å². The first kappa shape index (κ1) is 16.8. The lowest BCUT2D eigenvalue weighted by Crippen LogP contribution is -2.61. The Morgan fingerprint density at radius 2 is 2.29 bits per heavy atom. The normalized spacial score (nSPS) is 24.1. The van der Waals surface area contributed by atoms with Crippen molar-refractivity contribution in [3.05, 3.63) is 22.6 Å². The van der Waals surface area contributed by atoms with Crippen molar-refractivity contribution in [1.82, 2.24) is 14.5 Å². The number of amides is 1. The molecule has 24 heavy (non-hydrogen) atoms. The maximum absolute atomic E-state index is 12.1. The molecule has 3 unspecified atom stereocenters. The van der Waals surface area contributed by atoms with Crippen LogP contribution >= 0.6 is 11.8 Å². The number of nitrogens with zero attached hydrogens (tertiary/aromatic N) is 3. The predicted octanol–water partition coefficient (Wildman–Crippen LogP) is 0.415. The number of carboxylic acid groups (broad SMARTS) is 1. The number of carbonyl (C=O) groups excluding carboxylic acids is 1. The SMILES string of the molecule is Cc1nc(N)cn1CCSC1=C(C(=O)O)N2C(=O)C(C(C)O)C2C1. The van der Waals surface area contributed by atoms with Gasteiger partial charge in [-0.15, -0.1) is 11.8 Å². The van der Waals surface area contributed by atoms with Crippen LogP contribution in [0.3, 0.4) is 0 Å². The van der Waals surface area contributed by atoms with Gasteiger partial charge in [0.2, 0.25) is 5.91 Å². The van der Waals surface area contributed by atoms with Crippen LogP contribution in [0.4, 0.5) is 5.82 Å². The van der Waals surface area contributed by atoms with Crippen molar-refractivity contribution in [3.8, 4) is 0 Å². The number of fused-ring (bicyclic) bond motifs is 1. The molecule has 2 aliphatic heterocycles. The fraction of sp³-hybridized carbons (Fsp3) is 0.533. The lowest BCUT2D eigenvalue weighted by atomic mass is 9.83. The van der Waals surface area contributed by atoms with Gasteiger partial charge in [-0.1, -0.05) is 0 Å². The van der Waals surface area contributed by atoms with E-state index in [9.17, 15) is 19.8 Å². The molecule has 1 fully saturated rings. The van der Waals surface area contributed by atoms with Crippen molar-refractivity contribution in [3.63, 3.8) is 0 Å². The Bertz CT molecular complexity index is 727. The highest BCUT2D eigenvalue weighted by atomic mass is 32.2. The number of thioether (sulfide) groups is 1. The molecule has 0 bridgehead atoms. The van der Waals surface area contributed by atoms with Crippen molar-refractivity contribution in [1.29, 1.82) is 0 Å². The number of aliphatic hydroxyl groups excluding tert-OH is 1. The Morgan fingerprint density at radius 3 is 2.83 bits per heavy atom. The van der Waals surface area contributed by atoms with E-state index in [1.807, 2.05) is 11.5 Å². The molecule has 2 aliphatic rings. The Hall–Kier alpha value is -2.00. The summed E-state index contributed by atoms with van der Waals surface area (Å²) < 4.78 is 1.91. The number of hydrogen-bond acceptors (Lipinski definition) is 6. The van der Waals surface area contributed by atoms with Crippen molar-refractivity contribution >= 4 is 29.5 Å². The molecule has 1 saturated heterocycles. The van der Waals surface area contributed by atoms with Gasteiger partial charge in [-0.2, -0.15) is 0 Å². The van der Waals surface area contributed by atoms with E-state index in [4.69, 9.17) is 5.73 Å². The van der Waals surface area contributed by atoms with E-state index in [1.54, 1.807) is 13.1 Å². The summed E-state index contributed by atoms with van der Waals surface area (Å²) in [6.07, 6.45) is 1.46. The van der Waals surface area contributed by atoms with Crippen LogP contribution < -0.4 is 5.73 Å². The number of nitrogens with two attached hydrogens (primary N) is 1. The number of aromatic nitrogens is 2. The highest BCUT2D eigenvalue weighted by Crippen LogP contribution is 2.46. The monoisotopic (exact) mass is 352 g/mol. The zero-order valence-corrected chi connectivity index (χ0v) is 14.3. The van der Waals surface area contributed by atoms with Crippen LogP contribution in [0.2, 0.25) is 0 Å². The van der Waals surface area contributed by atoms with Gasteiger partial charge in [-0.25, -0.2) is 9.78 Å². The minimum absolute atomic E-state index is 0.0637. The van der Waals surface area contributed by atoms with Crippen LogP contribution in [0.25, 0.3) is 0 Å². The van der Waals surface area contributed by atoms with Gasteiger partial charge in [0.05, 0.1) is 18.1 Å². The summed E-state index contributed by atoms with van der Waals surface area (Å²) in [5, 5.41) is 19.2. The molecule has 0 aliphatic carbocycles. The van der Waals surface area contributed by atoms with Gasteiger partial charge in [-0.05, 0) is 13.8 Å². The fourth-order valence-corrected chi connectivity index (χ4v) is 4.53. The molecule has 4 N–H and O–H groups in total. The van der Waals surface area contributed by atoms with Crippen LogP contribution in [0.5, 0.6) is 0 Å². The number of nitrogen functional groups attached to an aromatic ring is 1. The second-order valence-electron chi connectivity index (χ2n) is 6.08. The predicted molar refractivity (Wildman–Crippen MR) is 88.9 cm³/mol. The zero-order valence-electron chi connectivity index (χ0n) is 13.5. The molecule has 1 aromatic rings. The van der Waals surface area contributed by atoms with E-state index >= 15 is 0 Å². The lowest BCUT2D eigenvalue weighted by Gasteiger charge is -2.44. The largest absolute Gasteiger partial charge is 0.477 e. The number of carboxylic acids is 1. The third-order valence-corrected chi connectivity index (χ3v) is 5.59. The highest BCUT2D eigenvalue weighted by Gasteiger charge is 2.56. The summed E-state index contributed by atoms with van der Waals surface area (Å²) >= 11 is 1.43. The summed E-state index contributed by atoms with van der Waals surface area (Å²) in [5.74, 6) is 0.00454. The Kier molecular flexibility index (Phi) is 4.31. The van der Waals surface area contributed by atoms with Crippen LogP contribution in [0.1, 0.15) is 19.2 Å². The molecule has 3 heterocycles. The van der Waals surface area contributed by atoms with E-state index in [2.05, 4.69) is 4.98 Å². The Balaban J connectivity index is 1.69. The first-order valence-electron chi connectivity index (χ1n) is 7.71. The van der Waals surface area contributed by atoms with E-state index < -0.39 is 18.0 Å². The molecule has 3 rings (SSSR count). The molecule has 0 radical (unpaired) electrons. The molecule has 0 saturated carbocycles. The molecule has 1 aromatic heterocycles. The van der Waals surface area contributed by atoms with Crippen LogP contribution in [0, 0.1) is 12.8 Å². The van der Waals surface area contributed by atoms with Gasteiger partial charge in [0.15, 0.2) is 0 Å². The summed E-state index contributed by atoms with van der Waals surface area (Å²) in [6, 6.07) is -0.239. The highest BCUT2D eigenvalue weighted by molar-refractivity contribution is 8.03. The summed E-state index contributed by atoms with van der Waals surface area (Å²) in [5.41, 5.74) is 5.71. The minimum atomic E-state index is -1.10. The van der Waals surface area contributed by atoms with Crippen molar-refractivity contribution in [2.45, 2.75) is 39.0 Å². The third-order valence-electron chi connectivity index (χ3n) is 4.49. The number of aliphatic hydroxyl groups is 1. The number of β-lactam (4-membered cyclic amide) rings is 1. The smallest absolute Gasteiger partial charge is 0.353 e. The summed E-state index contributed by atoms with van der Waals surface area (Å²) in [7, 11) is 0. The second kappa shape index (κ2) is 6.14. The Morgan fingerprint density at radius 1 is 1.58 bits per heavy atom. The van der Waals surface area contributed by atoms with Gasteiger partial charge in [0.1, 0.15) is 17.3 Å². The number of aryl methyl sites for hydroxylation is 2. The first-order chi connectivity index (χ1) is 11.3. The van der Waals surface area contributed by atoms with Crippen molar-refractivity contribution in [2.24, 2.45) is 5.92 Å². The zero-order chi connectivity index (χ0) is 17.6. The maximum atomic E-state index is 12.1. The van der Waals surface area contributed by atoms with Gasteiger partial charge in [0, 0.05) is 29.8 Å². The number of imidazole rings is 1. The molecular weight excluding hydrogens is 332 g/mol. The van der Waals surface area contributed by atoms with E-state index in [-0.39, 0.29) is 17.6 Å². The van der Waals surface area contributed by atoms with Crippen molar-refractivity contribution < 1.29 is 19.8 Å². The quantitative estimate of drug-likeness (QED) is 0.634. The number of carbonyl (C=O) groups is 2. The Labute approximate surface area is 143 Å². The van der Waals surface area contributed by atoms with Crippen LogP contribution in [-0.4, -0.2) is 54.4 Å². The molecule has 130 valence electrons.